The van der Waals surface area contributed by atoms with Crippen molar-refractivity contribution in [1.29, 1.82) is 0 Å². The molecule has 0 aliphatic rings. The minimum Gasteiger partial charge on any atom is -0.468 e. The lowest BCUT2D eigenvalue weighted by Gasteiger charge is -2.21. The highest BCUT2D eigenvalue weighted by atomic mass is 32.2. The van der Waals surface area contributed by atoms with Crippen LogP contribution in [0.25, 0.3) is 0 Å². The zero-order valence-electron chi connectivity index (χ0n) is 11.5. The summed E-state index contributed by atoms with van der Waals surface area (Å²) in [5.41, 5.74) is 6.84. The molecule has 1 aromatic carbocycles. The van der Waals surface area contributed by atoms with Gasteiger partial charge in [0.25, 0.3) is 0 Å². The minimum absolute atomic E-state index is 0.208. The molecule has 0 atom stereocenters. The highest BCUT2D eigenvalue weighted by Gasteiger charge is 2.26. The van der Waals surface area contributed by atoms with Crippen molar-refractivity contribution in [1.82, 2.24) is 4.31 Å². The molecule has 6 heteroatoms. The zero-order valence-corrected chi connectivity index (χ0v) is 12.4. The summed E-state index contributed by atoms with van der Waals surface area (Å²) in [5, 5.41) is 0. The molecule has 0 fully saturated rings. The molecule has 0 aliphatic carbocycles. The van der Waals surface area contributed by atoms with Gasteiger partial charge in [-0.15, -0.1) is 0 Å². The molecule has 0 unspecified atom stereocenters. The largest absolute Gasteiger partial charge is 0.468 e. The van der Waals surface area contributed by atoms with Crippen LogP contribution in [0.15, 0.2) is 45.9 Å². The lowest BCUT2D eigenvalue weighted by Crippen LogP contribution is -2.30. The number of hydrogen-bond acceptors (Lipinski definition) is 4. The zero-order chi connectivity index (χ0) is 14.8. The van der Waals surface area contributed by atoms with Gasteiger partial charge in [0, 0.05) is 12.2 Å². The molecule has 20 heavy (non-hydrogen) atoms. The Morgan fingerprint density at radius 2 is 2.00 bits per heavy atom. The summed E-state index contributed by atoms with van der Waals surface area (Å²) in [6.07, 6.45) is 1.53. The van der Waals surface area contributed by atoms with Crippen molar-refractivity contribution in [3.8, 4) is 0 Å². The lowest BCUT2D eigenvalue weighted by atomic mass is 10.2. The molecular weight excluding hydrogens is 276 g/mol. The summed E-state index contributed by atoms with van der Waals surface area (Å²) in [6, 6.07) is 8.41. The fraction of sp³-hybridized carbons (Fsp3) is 0.286. The second-order valence-electron chi connectivity index (χ2n) is 4.48. The van der Waals surface area contributed by atoms with E-state index in [9.17, 15) is 8.42 Å². The van der Waals surface area contributed by atoms with Gasteiger partial charge in [-0.05, 0) is 36.8 Å². The van der Waals surface area contributed by atoms with Crippen molar-refractivity contribution >= 4 is 15.7 Å². The third kappa shape index (κ3) is 2.71. The van der Waals surface area contributed by atoms with Crippen molar-refractivity contribution in [3.63, 3.8) is 0 Å². The summed E-state index contributed by atoms with van der Waals surface area (Å²) < 4.78 is 32.0. The predicted molar refractivity (Wildman–Crippen MR) is 77.6 cm³/mol. The molecular formula is C14H18N2O3S. The molecule has 0 bridgehead atoms. The van der Waals surface area contributed by atoms with Crippen molar-refractivity contribution in [3.05, 3.63) is 47.9 Å². The summed E-state index contributed by atoms with van der Waals surface area (Å²) in [6.45, 7) is 4.07. The van der Waals surface area contributed by atoms with Crippen LogP contribution in [0.3, 0.4) is 0 Å². The molecule has 1 aromatic heterocycles. The maximum atomic E-state index is 12.7. The third-order valence-electron chi connectivity index (χ3n) is 3.21. The van der Waals surface area contributed by atoms with E-state index in [4.69, 9.17) is 10.2 Å². The molecule has 0 radical (unpaired) electrons. The molecule has 108 valence electrons. The van der Waals surface area contributed by atoms with E-state index in [1.165, 1.54) is 10.6 Å². The smallest absolute Gasteiger partial charge is 0.243 e. The predicted octanol–water partition coefficient (Wildman–Crippen LogP) is 2.38. The first-order valence-corrected chi connectivity index (χ1v) is 7.78. The van der Waals surface area contributed by atoms with Gasteiger partial charge >= 0.3 is 0 Å². The van der Waals surface area contributed by atoms with Crippen molar-refractivity contribution in [2.24, 2.45) is 0 Å². The highest BCUT2D eigenvalue weighted by molar-refractivity contribution is 7.89. The second kappa shape index (κ2) is 5.68. The third-order valence-corrected chi connectivity index (χ3v) is 5.27. The van der Waals surface area contributed by atoms with Gasteiger partial charge in [0.2, 0.25) is 10.0 Å². The average Bonchev–Trinajstić information content (AvgIpc) is 2.91. The number of rotatable bonds is 5. The van der Waals surface area contributed by atoms with Crippen LogP contribution in [-0.2, 0) is 16.6 Å². The van der Waals surface area contributed by atoms with Gasteiger partial charge in [0.05, 0.1) is 17.7 Å². The van der Waals surface area contributed by atoms with Crippen LogP contribution in [0.2, 0.25) is 0 Å². The Labute approximate surface area is 119 Å². The van der Waals surface area contributed by atoms with Crippen molar-refractivity contribution in [2.75, 3.05) is 12.3 Å². The molecule has 0 spiro atoms. The minimum atomic E-state index is -3.59. The summed E-state index contributed by atoms with van der Waals surface area (Å²) in [5.74, 6) is 0.608. The van der Waals surface area contributed by atoms with Gasteiger partial charge in [-0.1, -0.05) is 13.0 Å². The average molecular weight is 294 g/mol. The quantitative estimate of drug-likeness (QED) is 0.859. The number of nitrogens with two attached hydrogens (primary N) is 1. The van der Waals surface area contributed by atoms with E-state index in [0.29, 0.717) is 23.6 Å². The van der Waals surface area contributed by atoms with E-state index < -0.39 is 10.0 Å². The van der Waals surface area contributed by atoms with Gasteiger partial charge in [-0.2, -0.15) is 4.31 Å². The van der Waals surface area contributed by atoms with Crippen LogP contribution in [-0.4, -0.2) is 19.3 Å². The normalized spacial score (nSPS) is 11.9. The Balaban J connectivity index is 2.39. The number of nitrogens with zero attached hydrogens (tertiary/aromatic N) is 1. The first-order valence-electron chi connectivity index (χ1n) is 6.34. The molecule has 0 aliphatic heterocycles. The monoisotopic (exact) mass is 294 g/mol. The number of hydrogen-bond donors (Lipinski definition) is 1. The number of anilines is 1. The van der Waals surface area contributed by atoms with Gasteiger partial charge in [0.1, 0.15) is 5.76 Å². The number of sulfonamides is 1. The van der Waals surface area contributed by atoms with Gasteiger partial charge in [-0.25, -0.2) is 8.42 Å². The maximum Gasteiger partial charge on any atom is 0.243 e. The van der Waals surface area contributed by atoms with Crippen molar-refractivity contribution < 1.29 is 12.8 Å². The Bertz CT molecular complexity index is 678. The van der Waals surface area contributed by atoms with Crippen molar-refractivity contribution in [2.45, 2.75) is 25.3 Å². The summed E-state index contributed by atoms with van der Waals surface area (Å²) in [7, 11) is -3.59. The topological polar surface area (TPSA) is 76.5 Å². The Morgan fingerprint density at radius 1 is 1.25 bits per heavy atom. The van der Waals surface area contributed by atoms with E-state index in [1.54, 1.807) is 44.2 Å². The summed E-state index contributed by atoms with van der Waals surface area (Å²) >= 11 is 0. The molecule has 2 rings (SSSR count). The maximum absolute atomic E-state index is 12.7. The van der Waals surface area contributed by atoms with Crippen LogP contribution in [0.5, 0.6) is 0 Å². The molecule has 0 saturated heterocycles. The number of benzene rings is 1. The van der Waals surface area contributed by atoms with E-state index in [0.717, 1.165) is 0 Å². The Morgan fingerprint density at radius 3 is 2.60 bits per heavy atom. The molecule has 0 amide bonds. The van der Waals surface area contributed by atoms with Crippen LogP contribution < -0.4 is 5.73 Å². The van der Waals surface area contributed by atoms with Crippen LogP contribution in [0.1, 0.15) is 18.2 Å². The molecule has 2 N–H and O–H groups in total. The van der Waals surface area contributed by atoms with Crippen LogP contribution in [0.4, 0.5) is 5.69 Å². The number of nitrogen functional groups attached to an aromatic ring is 1. The molecule has 0 saturated carbocycles. The van der Waals surface area contributed by atoms with E-state index in [-0.39, 0.29) is 11.4 Å². The fourth-order valence-electron chi connectivity index (χ4n) is 1.99. The summed E-state index contributed by atoms with van der Waals surface area (Å²) in [4.78, 5) is 0.242. The first-order chi connectivity index (χ1) is 9.46. The molecule has 5 nitrogen and oxygen atoms in total. The standard InChI is InChI=1S/C14H18N2O3S/c1-3-16(10-12-6-5-9-19-12)20(17,18)14-8-4-7-13(15)11(14)2/h4-9H,3,10,15H2,1-2H3. The second-order valence-corrected chi connectivity index (χ2v) is 6.39. The SMILES string of the molecule is CCN(Cc1ccco1)S(=O)(=O)c1cccc(N)c1C. The lowest BCUT2D eigenvalue weighted by molar-refractivity contribution is 0.375. The van der Waals surface area contributed by atoms with E-state index in [2.05, 4.69) is 0 Å². The first kappa shape index (κ1) is 14.6. The van der Waals surface area contributed by atoms with Crippen LogP contribution in [0, 0.1) is 6.92 Å². The van der Waals surface area contributed by atoms with Crippen LogP contribution >= 0.6 is 0 Å². The Kier molecular flexibility index (Phi) is 4.15. The molecule has 2 aromatic rings. The molecule has 1 heterocycles. The van der Waals surface area contributed by atoms with Gasteiger partial charge in [0.15, 0.2) is 0 Å². The van der Waals surface area contributed by atoms with E-state index >= 15 is 0 Å². The van der Waals surface area contributed by atoms with Gasteiger partial charge < -0.3 is 10.2 Å². The fourth-order valence-corrected chi connectivity index (χ4v) is 3.66. The van der Waals surface area contributed by atoms with Gasteiger partial charge in [-0.3, -0.25) is 0 Å². The Hall–Kier alpha value is -1.79. The highest BCUT2D eigenvalue weighted by Crippen LogP contribution is 2.25. The van der Waals surface area contributed by atoms with E-state index in [1.807, 2.05) is 0 Å². The number of furan rings is 1.